The summed E-state index contributed by atoms with van der Waals surface area (Å²) in [5.74, 6) is -0.0773. The maximum Gasteiger partial charge on any atom is 0.257 e. The topological polar surface area (TPSA) is 66.3 Å². The van der Waals surface area contributed by atoms with E-state index in [1.807, 2.05) is 0 Å². The van der Waals surface area contributed by atoms with E-state index in [1.54, 1.807) is 4.90 Å². The Morgan fingerprint density at radius 1 is 1.35 bits per heavy atom. The minimum Gasteiger partial charge on any atom is -0.394 e. The maximum atomic E-state index is 12.3. The Bertz CT molecular complexity index is 369. The summed E-state index contributed by atoms with van der Waals surface area (Å²) in [4.78, 5) is 21.7. The van der Waals surface area contributed by atoms with Gasteiger partial charge in [0.25, 0.3) is 5.91 Å². The fourth-order valence-electron chi connectivity index (χ4n) is 2.21. The zero-order valence-electron chi connectivity index (χ0n) is 9.75. The first-order valence-electron chi connectivity index (χ1n) is 6.00. The number of rotatable bonds is 2. The van der Waals surface area contributed by atoms with Crippen molar-refractivity contribution in [2.75, 3.05) is 13.2 Å². The molecule has 1 aromatic rings. The normalized spacial score (nSPS) is 21.0. The molecule has 0 aromatic carbocycles. The average Bonchev–Trinajstić information content (AvgIpc) is 2.64. The van der Waals surface area contributed by atoms with E-state index in [4.69, 9.17) is 0 Å². The number of aromatic nitrogens is 2. The van der Waals surface area contributed by atoms with Gasteiger partial charge in [-0.15, -0.1) is 0 Å². The van der Waals surface area contributed by atoms with Crippen LogP contribution >= 0.6 is 0 Å². The first-order chi connectivity index (χ1) is 8.33. The highest BCUT2D eigenvalue weighted by Gasteiger charge is 2.25. The second-order valence-corrected chi connectivity index (χ2v) is 4.31. The first kappa shape index (κ1) is 12.0. The summed E-state index contributed by atoms with van der Waals surface area (Å²) in [6, 6.07) is -0.0646. The largest absolute Gasteiger partial charge is 0.394 e. The van der Waals surface area contributed by atoms with Crippen LogP contribution in [0.5, 0.6) is 0 Å². The van der Waals surface area contributed by atoms with Crippen molar-refractivity contribution in [3.8, 4) is 0 Å². The molecule has 0 spiro atoms. The lowest BCUT2D eigenvalue weighted by Gasteiger charge is -2.28. The highest BCUT2D eigenvalue weighted by Crippen LogP contribution is 2.18. The Morgan fingerprint density at radius 2 is 2.12 bits per heavy atom. The number of aliphatic hydroxyl groups excluding tert-OH is 1. The van der Waals surface area contributed by atoms with Crippen molar-refractivity contribution in [2.24, 2.45) is 0 Å². The molecule has 1 atom stereocenters. The molecule has 0 bridgehead atoms. The molecule has 0 radical (unpaired) electrons. The number of likely N-dealkylation sites (tertiary alicyclic amines) is 1. The molecule has 5 heteroatoms. The third-order valence-electron chi connectivity index (χ3n) is 3.16. The standard InChI is InChI=1S/C12H17N3O2/c16-8-11-4-2-1-3-5-15(11)12(17)10-6-13-9-14-7-10/h6-7,9,11,16H,1-5,8H2. The van der Waals surface area contributed by atoms with E-state index >= 15 is 0 Å². The first-order valence-corrected chi connectivity index (χ1v) is 6.00. The van der Waals surface area contributed by atoms with Gasteiger partial charge in [0.1, 0.15) is 6.33 Å². The predicted octanol–water partition coefficient (Wildman–Crippen LogP) is 0.854. The Labute approximate surface area is 100 Å². The van der Waals surface area contributed by atoms with Crippen LogP contribution in [0.15, 0.2) is 18.7 Å². The fraction of sp³-hybridized carbons (Fsp3) is 0.583. The molecule has 1 saturated heterocycles. The second kappa shape index (κ2) is 5.72. The lowest BCUT2D eigenvalue weighted by atomic mass is 10.1. The third kappa shape index (κ3) is 2.79. The van der Waals surface area contributed by atoms with E-state index in [-0.39, 0.29) is 18.6 Å². The van der Waals surface area contributed by atoms with Crippen molar-refractivity contribution >= 4 is 5.91 Å². The molecule has 1 fully saturated rings. The molecule has 1 N–H and O–H groups in total. The molecular formula is C12H17N3O2. The molecule has 1 amide bonds. The number of carbonyl (C=O) groups excluding carboxylic acids is 1. The van der Waals surface area contributed by atoms with Gasteiger partial charge in [-0.3, -0.25) is 4.79 Å². The van der Waals surface area contributed by atoms with Crippen LogP contribution < -0.4 is 0 Å². The minimum atomic E-state index is -0.0773. The van der Waals surface area contributed by atoms with Crippen LogP contribution in [-0.2, 0) is 0 Å². The highest BCUT2D eigenvalue weighted by atomic mass is 16.3. The van der Waals surface area contributed by atoms with Gasteiger partial charge >= 0.3 is 0 Å². The number of hydrogen-bond donors (Lipinski definition) is 1. The monoisotopic (exact) mass is 235 g/mol. The Morgan fingerprint density at radius 3 is 2.82 bits per heavy atom. The molecular weight excluding hydrogens is 218 g/mol. The van der Waals surface area contributed by atoms with Crippen LogP contribution in [0.2, 0.25) is 0 Å². The van der Waals surface area contributed by atoms with Crippen LogP contribution in [0.3, 0.4) is 0 Å². The fourth-order valence-corrected chi connectivity index (χ4v) is 2.21. The molecule has 2 heterocycles. The van der Waals surface area contributed by atoms with Crippen LogP contribution in [-0.4, -0.2) is 45.1 Å². The lowest BCUT2D eigenvalue weighted by molar-refractivity contribution is 0.0599. The summed E-state index contributed by atoms with van der Waals surface area (Å²) in [7, 11) is 0. The van der Waals surface area contributed by atoms with Gasteiger partial charge in [-0.1, -0.05) is 12.8 Å². The highest BCUT2D eigenvalue weighted by molar-refractivity contribution is 5.93. The van der Waals surface area contributed by atoms with Crippen molar-refractivity contribution in [1.82, 2.24) is 14.9 Å². The molecule has 0 saturated carbocycles. The number of aliphatic hydroxyl groups is 1. The Balaban J connectivity index is 2.16. The van der Waals surface area contributed by atoms with E-state index in [9.17, 15) is 9.90 Å². The van der Waals surface area contributed by atoms with Crippen molar-refractivity contribution < 1.29 is 9.90 Å². The van der Waals surface area contributed by atoms with Crippen LogP contribution in [0.25, 0.3) is 0 Å². The summed E-state index contributed by atoms with van der Waals surface area (Å²) in [5.41, 5.74) is 0.493. The van der Waals surface area contributed by atoms with Crippen LogP contribution in [0.4, 0.5) is 0 Å². The smallest absolute Gasteiger partial charge is 0.257 e. The van der Waals surface area contributed by atoms with Crippen LogP contribution in [0, 0.1) is 0 Å². The number of carbonyl (C=O) groups is 1. The molecule has 2 rings (SSSR count). The Kier molecular flexibility index (Phi) is 4.03. The van der Waals surface area contributed by atoms with Crippen molar-refractivity contribution in [1.29, 1.82) is 0 Å². The van der Waals surface area contributed by atoms with Gasteiger partial charge < -0.3 is 10.0 Å². The van der Waals surface area contributed by atoms with Gasteiger partial charge in [0.2, 0.25) is 0 Å². The average molecular weight is 235 g/mol. The van der Waals surface area contributed by atoms with Crippen molar-refractivity contribution in [3.63, 3.8) is 0 Å². The number of hydrogen-bond acceptors (Lipinski definition) is 4. The molecule has 0 aliphatic carbocycles. The van der Waals surface area contributed by atoms with E-state index in [0.717, 1.165) is 25.7 Å². The summed E-state index contributed by atoms with van der Waals surface area (Å²) in [6.45, 7) is 0.735. The van der Waals surface area contributed by atoms with Gasteiger partial charge in [0.15, 0.2) is 0 Å². The molecule has 92 valence electrons. The molecule has 5 nitrogen and oxygen atoms in total. The van der Waals surface area contributed by atoms with Gasteiger partial charge in [-0.25, -0.2) is 9.97 Å². The SMILES string of the molecule is O=C(c1cncnc1)N1CCCCCC1CO. The van der Waals surface area contributed by atoms with Crippen molar-refractivity contribution in [2.45, 2.75) is 31.7 Å². The zero-order chi connectivity index (χ0) is 12.1. The van der Waals surface area contributed by atoms with Gasteiger partial charge in [0, 0.05) is 18.9 Å². The molecule has 1 aliphatic heterocycles. The maximum absolute atomic E-state index is 12.3. The predicted molar refractivity (Wildman–Crippen MR) is 62.4 cm³/mol. The van der Waals surface area contributed by atoms with E-state index in [1.165, 1.54) is 18.7 Å². The van der Waals surface area contributed by atoms with Gasteiger partial charge in [0.05, 0.1) is 18.2 Å². The second-order valence-electron chi connectivity index (χ2n) is 4.31. The van der Waals surface area contributed by atoms with E-state index < -0.39 is 0 Å². The number of amides is 1. The summed E-state index contributed by atoms with van der Waals surface area (Å²) in [6.07, 6.45) is 8.50. The van der Waals surface area contributed by atoms with Crippen molar-refractivity contribution in [3.05, 3.63) is 24.3 Å². The number of nitrogens with zero attached hydrogens (tertiary/aromatic N) is 3. The lowest BCUT2D eigenvalue weighted by Crippen LogP contribution is -2.42. The summed E-state index contributed by atoms with van der Waals surface area (Å²) >= 11 is 0. The quantitative estimate of drug-likeness (QED) is 0.825. The molecule has 1 unspecified atom stereocenters. The minimum absolute atomic E-state index is 0.0272. The zero-order valence-corrected chi connectivity index (χ0v) is 9.75. The van der Waals surface area contributed by atoms with Crippen LogP contribution in [0.1, 0.15) is 36.0 Å². The van der Waals surface area contributed by atoms with Gasteiger partial charge in [-0.2, -0.15) is 0 Å². The third-order valence-corrected chi connectivity index (χ3v) is 3.16. The van der Waals surface area contributed by atoms with E-state index in [0.29, 0.717) is 12.1 Å². The Hall–Kier alpha value is -1.49. The van der Waals surface area contributed by atoms with E-state index in [2.05, 4.69) is 9.97 Å². The molecule has 1 aromatic heterocycles. The summed E-state index contributed by atoms with van der Waals surface area (Å²) in [5, 5.41) is 9.36. The molecule has 1 aliphatic rings. The van der Waals surface area contributed by atoms with Gasteiger partial charge in [-0.05, 0) is 12.8 Å². The molecule has 17 heavy (non-hydrogen) atoms. The summed E-state index contributed by atoms with van der Waals surface area (Å²) < 4.78 is 0.